The van der Waals surface area contributed by atoms with Gasteiger partial charge in [0, 0.05) is 30.2 Å². The van der Waals surface area contributed by atoms with Gasteiger partial charge < -0.3 is 5.73 Å². The molecule has 0 spiro atoms. The zero-order valence-electron chi connectivity index (χ0n) is 8.19. The first-order chi connectivity index (χ1) is 6.70. The van der Waals surface area contributed by atoms with E-state index >= 15 is 0 Å². The Kier molecular flexibility index (Phi) is 2.35. The summed E-state index contributed by atoms with van der Waals surface area (Å²) in [6.07, 6.45) is 3.78. The van der Waals surface area contributed by atoms with E-state index < -0.39 is 0 Å². The fourth-order valence-electron chi connectivity index (χ4n) is 1.35. The van der Waals surface area contributed by atoms with Crippen LogP contribution in [0.4, 0.5) is 0 Å². The Hall–Kier alpha value is -1.20. The molecule has 0 atom stereocenters. The van der Waals surface area contributed by atoms with Gasteiger partial charge in [0.05, 0.1) is 11.9 Å². The van der Waals surface area contributed by atoms with Crippen molar-refractivity contribution in [1.29, 1.82) is 0 Å². The number of nitrogens with two attached hydrogens (primary N) is 1. The second-order valence-corrected chi connectivity index (χ2v) is 4.41. The standard InChI is InChI=1S/C9H12N4S/c1-6-9(12-8(3-10)14-6)7-4-11-13(2)5-7/h4-5H,3,10H2,1-2H3. The molecule has 2 heterocycles. The van der Waals surface area contributed by atoms with Crippen LogP contribution < -0.4 is 5.73 Å². The van der Waals surface area contributed by atoms with Crippen LogP contribution in [0.25, 0.3) is 11.3 Å². The lowest BCUT2D eigenvalue weighted by Crippen LogP contribution is -1.94. The molecule has 0 amide bonds. The van der Waals surface area contributed by atoms with Crippen molar-refractivity contribution in [3.05, 3.63) is 22.3 Å². The maximum atomic E-state index is 5.54. The van der Waals surface area contributed by atoms with Crippen LogP contribution in [0.3, 0.4) is 0 Å². The minimum atomic E-state index is 0.506. The molecule has 0 aliphatic carbocycles. The molecule has 14 heavy (non-hydrogen) atoms. The fourth-order valence-corrected chi connectivity index (χ4v) is 2.18. The molecule has 2 N–H and O–H groups in total. The van der Waals surface area contributed by atoms with Crippen molar-refractivity contribution in [3.63, 3.8) is 0 Å². The predicted molar refractivity (Wildman–Crippen MR) is 56.9 cm³/mol. The van der Waals surface area contributed by atoms with Crippen LogP contribution >= 0.6 is 11.3 Å². The lowest BCUT2D eigenvalue weighted by molar-refractivity contribution is 0.768. The monoisotopic (exact) mass is 208 g/mol. The van der Waals surface area contributed by atoms with E-state index in [1.807, 2.05) is 19.4 Å². The van der Waals surface area contributed by atoms with Crippen molar-refractivity contribution in [3.8, 4) is 11.3 Å². The van der Waals surface area contributed by atoms with Crippen molar-refractivity contribution in [1.82, 2.24) is 14.8 Å². The molecular formula is C9H12N4S. The summed E-state index contributed by atoms with van der Waals surface area (Å²) in [5.41, 5.74) is 7.60. The zero-order chi connectivity index (χ0) is 10.1. The van der Waals surface area contributed by atoms with Gasteiger partial charge in [-0.3, -0.25) is 4.68 Å². The van der Waals surface area contributed by atoms with E-state index in [1.165, 1.54) is 4.88 Å². The Morgan fingerprint density at radius 2 is 2.36 bits per heavy atom. The number of aromatic nitrogens is 3. The molecule has 0 unspecified atom stereocenters. The molecule has 2 aromatic rings. The first kappa shape index (κ1) is 9.36. The van der Waals surface area contributed by atoms with Crippen LogP contribution in [0.5, 0.6) is 0 Å². The molecule has 0 bridgehead atoms. The Morgan fingerprint density at radius 3 is 2.86 bits per heavy atom. The van der Waals surface area contributed by atoms with Gasteiger partial charge in [0.2, 0.25) is 0 Å². The highest BCUT2D eigenvalue weighted by Crippen LogP contribution is 2.26. The summed E-state index contributed by atoms with van der Waals surface area (Å²) in [6.45, 7) is 2.56. The summed E-state index contributed by atoms with van der Waals surface area (Å²) in [6, 6.07) is 0. The minimum Gasteiger partial charge on any atom is -0.325 e. The van der Waals surface area contributed by atoms with Crippen LogP contribution in [-0.4, -0.2) is 14.8 Å². The Labute approximate surface area is 86.4 Å². The van der Waals surface area contributed by atoms with Gasteiger partial charge in [0.1, 0.15) is 5.01 Å². The molecule has 5 heteroatoms. The first-order valence-electron chi connectivity index (χ1n) is 4.36. The maximum absolute atomic E-state index is 5.54. The van der Waals surface area contributed by atoms with E-state index in [0.717, 1.165) is 16.3 Å². The smallest absolute Gasteiger partial charge is 0.107 e. The lowest BCUT2D eigenvalue weighted by Gasteiger charge is -1.90. The molecule has 2 rings (SSSR count). The van der Waals surface area contributed by atoms with Gasteiger partial charge in [-0.15, -0.1) is 11.3 Å². The van der Waals surface area contributed by atoms with Gasteiger partial charge in [-0.2, -0.15) is 5.10 Å². The third kappa shape index (κ3) is 1.56. The number of aryl methyl sites for hydroxylation is 2. The van der Waals surface area contributed by atoms with Gasteiger partial charge in [0.15, 0.2) is 0 Å². The quantitative estimate of drug-likeness (QED) is 0.809. The predicted octanol–water partition coefficient (Wildman–Crippen LogP) is 1.31. The summed E-state index contributed by atoms with van der Waals surface area (Å²) in [5.74, 6) is 0. The summed E-state index contributed by atoms with van der Waals surface area (Å²) >= 11 is 1.65. The van der Waals surface area contributed by atoms with E-state index in [2.05, 4.69) is 17.0 Å². The summed E-state index contributed by atoms with van der Waals surface area (Å²) in [5, 5.41) is 5.09. The second kappa shape index (κ2) is 3.51. The minimum absolute atomic E-state index is 0.506. The van der Waals surface area contributed by atoms with Gasteiger partial charge in [-0.25, -0.2) is 4.98 Å². The molecular weight excluding hydrogens is 196 g/mol. The highest BCUT2D eigenvalue weighted by atomic mass is 32.1. The molecule has 0 aromatic carbocycles. The first-order valence-corrected chi connectivity index (χ1v) is 5.17. The summed E-state index contributed by atoms with van der Waals surface area (Å²) < 4.78 is 1.77. The molecule has 0 aliphatic rings. The third-order valence-electron chi connectivity index (χ3n) is 1.99. The fraction of sp³-hybridized carbons (Fsp3) is 0.333. The normalized spacial score (nSPS) is 10.8. The Balaban J connectivity index is 2.45. The highest BCUT2D eigenvalue weighted by Gasteiger charge is 2.09. The SMILES string of the molecule is Cc1sc(CN)nc1-c1cnn(C)c1. The molecule has 0 fully saturated rings. The van der Waals surface area contributed by atoms with Crippen LogP contribution in [0.1, 0.15) is 9.88 Å². The van der Waals surface area contributed by atoms with Crippen molar-refractivity contribution in [2.24, 2.45) is 12.8 Å². The maximum Gasteiger partial charge on any atom is 0.107 e. The van der Waals surface area contributed by atoms with Crippen molar-refractivity contribution < 1.29 is 0 Å². The van der Waals surface area contributed by atoms with Gasteiger partial charge in [0.25, 0.3) is 0 Å². The molecule has 0 saturated carbocycles. The van der Waals surface area contributed by atoms with Crippen molar-refractivity contribution in [2.75, 3.05) is 0 Å². The third-order valence-corrected chi connectivity index (χ3v) is 2.99. The molecule has 0 aliphatic heterocycles. The van der Waals surface area contributed by atoms with Crippen LogP contribution in [-0.2, 0) is 13.6 Å². The largest absolute Gasteiger partial charge is 0.325 e. The average Bonchev–Trinajstić information content (AvgIpc) is 2.71. The Morgan fingerprint density at radius 1 is 1.57 bits per heavy atom. The average molecular weight is 208 g/mol. The van der Waals surface area contributed by atoms with Crippen LogP contribution in [0, 0.1) is 6.92 Å². The van der Waals surface area contributed by atoms with E-state index in [-0.39, 0.29) is 0 Å². The van der Waals surface area contributed by atoms with Crippen molar-refractivity contribution in [2.45, 2.75) is 13.5 Å². The van der Waals surface area contributed by atoms with Crippen molar-refractivity contribution >= 4 is 11.3 Å². The van der Waals surface area contributed by atoms with Crippen LogP contribution in [0.15, 0.2) is 12.4 Å². The number of hydrogen-bond acceptors (Lipinski definition) is 4. The van der Waals surface area contributed by atoms with E-state index in [1.54, 1.807) is 16.0 Å². The molecule has 0 radical (unpaired) electrons. The highest BCUT2D eigenvalue weighted by molar-refractivity contribution is 7.12. The van der Waals surface area contributed by atoms with Gasteiger partial charge in [-0.05, 0) is 6.92 Å². The van der Waals surface area contributed by atoms with E-state index in [0.29, 0.717) is 6.54 Å². The van der Waals surface area contributed by atoms with Gasteiger partial charge in [-0.1, -0.05) is 0 Å². The topological polar surface area (TPSA) is 56.7 Å². The Bertz CT molecular complexity index is 443. The molecule has 2 aromatic heterocycles. The number of nitrogens with zero attached hydrogens (tertiary/aromatic N) is 3. The van der Waals surface area contributed by atoms with E-state index in [4.69, 9.17) is 5.73 Å². The van der Waals surface area contributed by atoms with Crippen LogP contribution in [0.2, 0.25) is 0 Å². The summed E-state index contributed by atoms with van der Waals surface area (Å²) in [7, 11) is 1.90. The molecule has 0 saturated heterocycles. The molecule has 4 nitrogen and oxygen atoms in total. The second-order valence-electron chi connectivity index (χ2n) is 3.12. The molecule has 74 valence electrons. The summed E-state index contributed by atoms with van der Waals surface area (Å²) in [4.78, 5) is 5.65. The lowest BCUT2D eigenvalue weighted by atomic mass is 10.2. The number of rotatable bonds is 2. The van der Waals surface area contributed by atoms with E-state index in [9.17, 15) is 0 Å². The number of thiazole rings is 1. The van der Waals surface area contributed by atoms with Gasteiger partial charge >= 0.3 is 0 Å². The zero-order valence-corrected chi connectivity index (χ0v) is 9.01. The number of hydrogen-bond donors (Lipinski definition) is 1.